The van der Waals surface area contributed by atoms with Gasteiger partial charge in [-0.25, -0.2) is 4.98 Å². The predicted octanol–water partition coefficient (Wildman–Crippen LogP) is 1.95. The van der Waals surface area contributed by atoms with Gasteiger partial charge < -0.3 is 15.0 Å². The van der Waals surface area contributed by atoms with Gasteiger partial charge in [-0.1, -0.05) is 12.1 Å². The summed E-state index contributed by atoms with van der Waals surface area (Å²) in [7, 11) is 0. The van der Waals surface area contributed by atoms with Crippen molar-refractivity contribution in [2.45, 2.75) is 12.8 Å². The van der Waals surface area contributed by atoms with Crippen LogP contribution in [0.15, 0.2) is 53.3 Å². The second-order valence-electron chi connectivity index (χ2n) is 6.04. The summed E-state index contributed by atoms with van der Waals surface area (Å²) in [4.78, 5) is 52.6. The number of para-hydroxylation sites is 1. The normalized spacial score (nSPS) is 10.5. The number of rotatable bonds is 7. The third-order valence-corrected chi connectivity index (χ3v) is 3.95. The van der Waals surface area contributed by atoms with Crippen molar-refractivity contribution < 1.29 is 19.2 Å². The molecule has 0 radical (unpaired) electrons. The number of nitro benzene ring substituents is 1. The van der Waals surface area contributed by atoms with Crippen LogP contribution in [0.5, 0.6) is 0 Å². The van der Waals surface area contributed by atoms with E-state index in [0.717, 1.165) is 0 Å². The second kappa shape index (κ2) is 8.74. The molecule has 0 aliphatic carbocycles. The van der Waals surface area contributed by atoms with Gasteiger partial charge in [0.05, 0.1) is 22.2 Å². The van der Waals surface area contributed by atoms with E-state index in [9.17, 15) is 24.5 Å². The Morgan fingerprint density at radius 1 is 1.14 bits per heavy atom. The minimum absolute atomic E-state index is 0.0634. The molecule has 0 aliphatic heterocycles. The fourth-order valence-electron chi connectivity index (χ4n) is 2.56. The van der Waals surface area contributed by atoms with Gasteiger partial charge in [-0.05, 0) is 24.3 Å². The van der Waals surface area contributed by atoms with E-state index in [1.54, 1.807) is 24.3 Å². The largest absolute Gasteiger partial charge is 0.456 e. The van der Waals surface area contributed by atoms with E-state index in [-0.39, 0.29) is 24.1 Å². The number of fused-ring (bicyclic) bond motifs is 1. The van der Waals surface area contributed by atoms with E-state index in [1.165, 1.54) is 24.3 Å². The molecule has 1 amide bonds. The van der Waals surface area contributed by atoms with Crippen molar-refractivity contribution in [1.82, 2.24) is 9.97 Å². The zero-order valence-corrected chi connectivity index (χ0v) is 15.1. The number of non-ortho nitro benzene ring substituents is 1. The average Bonchev–Trinajstić information content (AvgIpc) is 2.71. The van der Waals surface area contributed by atoms with Crippen LogP contribution >= 0.6 is 0 Å². The van der Waals surface area contributed by atoms with Crippen molar-refractivity contribution >= 4 is 34.2 Å². The van der Waals surface area contributed by atoms with Crippen molar-refractivity contribution in [2.24, 2.45) is 0 Å². The topological polar surface area (TPSA) is 144 Å². The SMILES string of the molecule is O=C(COC(=O)CCc1nc2ccccc2c(=O)[nH]1)Nc1ccc([N+](=O)[O-])cc1. The number of amides is 1. The standard InChI is InChI=1S/C19H16N4O6/c24-17(20-12-5-7-13(8-6-12)23(27)28)11-29-18(25)10-9-16-21-15-4-2-1-3-14(15)19(26)22-16/h1-8H,9-11H2,(H,20,24)(H,21,22,26). The zero-order chi connectivity index (χ0) is 20.8. The summed E-state index contributed by atoms with van der Waals surface area (Å²) < 4.78 is 4.90. The quantitative estimate of drug-likeness (QED) is 0.353. The van der Waals surface area contributed by atoms with Gasteiger partial charge in [-0.3, -0.25) is 24.5 Å². The Balaban J connectivity index is 1.48. The molecule has 0 saturated carbocycles. The Morgan fingerprint density at radius 2 is 1.86 bits per heavy atom. The number of carbonyl (C=O) groups excluding carboxylic acids is 2. The Labute approximate surface area is 163 Å². The Morgan fingerprint density at radius 3 is 2.59 bits per heavy atom. The van der Waals surface area contributed by atoms with Crippen molar-refractivity contribution in [3.8, 4) is 0 Å². The van der Waals surface area contributed by atoms with Gasteiger partial charge in [0, 0.05) is 24.2 Å². The molecule has 0 aliphatic rings. The molecule has 0 spiro atoms. The van der Waals surface area contributed by atoms with Crippen LogP contribution in [0, 0.1) is 10.1 Å². The highest BCUT2D eigenvalue weighted by atomic mass is 16.6. The van der Waals surface area contributed by atoms with E-state index in [2.05, 4.69) is 15.3 Å². The number of benzene rings is 2. The molecular formula is C19H16N4O6. The van der Waals surface area contributed by atoms with Gasteiger partial charge in [0.2, 0.25) is 0 Å². The number of nitro groups is 1. The first-order valence-corrected chi connectivity index (χ1v) is 8.60. The molecule has 10 heteroatoms. The summed E-state index contributed by atoms with van der Waals surface area (Å²) in [5.74, 6) is -0.856. The van der Waals surface area contributed by atoms with Crippen molar-refractivity contribution in [3.05, 3.63) is 74.8 Å². The molecule has 0 atom stereocenters. The van der Waals surface area contributed by atoms with Crippen LogP contribution in [-0.2, 0) is 20.7 Å². The van der Waals surface area contributed by atoms with Crippen LogP contribution in [0.4, 0.5) is 11.4 Å². The third-order valence-electron chi connectivity index (χ3n) is 3.95. The fraction of sp³-hybridized carbons (Fsp3) is 0.158. The molecule has 0 fully saturated rings. The van der Waals surface area contributed by atoms with E-state index in [4.69, 9.17) is 4.74 Å². The number of esters is 1. The van der Waals surface area contributed by atoms with Crippen molar-refractivity contribution in [3.63, 3.8) is 0 Å². The van der Waals surface area contributed by atoms with Crippen LogP contribution in [-0.4, -0.2) is 33.4 Å². The number of hydrogen-bond donors (Lipinski definition) is 2. The van der Waals surface area contributed by atoms with Gasteiger partial charge in [-0.2, -0.15) is 0 Å². The number of nitrogens with one attached hydrogen (secondary N) is 2. The highest BCUT2D eigenvalue weighted by Crippen LogP contribution is 2.15. The van der Waals surface area contributed by atoms with Crippen LogP contribution in [0.25, 0.3) is 10.9 Å². The molecule has 3 aromatic rings. The second-order valence-corrected chi connectivity index (χ2v) is 6.04. The molecule has 2 N–H and O–H groups in total. The zero-order valence-electron chi connectivity index (χ0n) is 15.1. The monoisotopic (exact) mass is 396 g/mol. The Kier molecular flexibility index (Phi) is 5.93. The molecular weight excluding hydrogens is 380 g/mol. The van der Waals surface area contributed by atoms with Gasteiger partial charge >= 0.3 is 5.97 Å². The first-order chi connectivity index (χ1) is 13.9. The van der Waals surface area contributed by atoms with Gasteiger partial charge in [0.15, 0.2) is 6.61 Å². The van der Waals surface area contributed by atoms with E-state index >= 15 is 0 Å². The Bertz CT molecular complexity index is 1120. The van der Waals surface area contributed by atoms with Gasteiger partial charge in [-0.15, -0.1) is 0 Å². The minimum Gasteiger partial charge on any atom is -0.456 e. The molecule has 29 heavy (non-hydrogen) atoms. The number of ether oxygens (including phenoxy) is 1. The molecule has 2 aromatic carbocycles. The lowest BCUT2D eigenvalue weighted by molar-refractivity contribution is -0.384. The molecule has 148 valence electrons. The molecule has 0 bridgehead atoms. The number of aryl methyl sites for hydroxylation is 1. The predicted molar refractivity (Wildman–Crippen MR) is 103 cm³/mol. The summed E-state index contributed by atoms with van der Waals surface area (Å²) in [5.41, 5.74) is 0.480. The Hall–Kier alpha value is -4.08. The summed E-state index contributed by atoms with van der Waals surface area (Å²) >= 11 is 0. The third kappa shape index (κ3) is 5.22. The molecule has 3 rings (SSSR count). The average molecular weight is 396 g/mol. The van der Waals surface area contributed by atoms with Crippen molar-refractivity contribution in [2.75, 3.05) is 11.9 Å². The van der Waals surface area contributed by atoms with Crippen molar-refractivity contribution in [1.29, 1.82) is 0 Å². The maximum Gasteiger partial charge on any atom is 0.306 e. The first-order valence-electron chi connectivity index (χ1n) is 8.60. The number of H-pyrrole nitrogens is 1. The van der Waals surface area contributed by atoms with Gasteiger partial charge in [0.1, 0.15) is 5.82 Å². The molecule has 0 saturated heterocycles. The van der Waals surface area contributed by atoms with E-state index in [0.29, 0.717) is 22.4 Å². The van der Waals surface area contributed by atoms with Crippen LogP contribution < -0.4 is 10.9 Å². The number of aromatic amines is 1. The van der Waals surface area contributed by atoms with E-state index < -0.39 is 23.4 Å². The number of nitrogens with zero attached hydrogens (tertiary/aromatic N) is 2. The summed E-state index contributed by atoms with van der Waals surface area (Å²) in [6, 6.07) is 12.1. The highest BCUT2D eigenvalue weighted by Gasteiger charge is 2.11. The molecule has 1 heterocycles. The lowest BCUT2D eigenvalue weighted by Gasteiger charge is -2.07. The van der Waals surface area contributed by atoms with Crippen LogP contribution in [0.3, 0.4) is 0 Å². The fourth-order valence-corrected chi connectivity index (χ4v) is 2.56. The van der Waals surface area contributed by atoms with Crippen LogP contribution in [0.1, 0.15) is 12.2 Å². The summed E-state index contributed by atoms with van der Waals surface area (Å²) in [6.45, 7) is -0.502. The van der Waals surface area contributed by atoms with Gasteiger partial charge in [0.25, 0.3) is 17.2 Å². The number of carbonyl (C=O) groups is 2. The lowest BCUT2D eigenvalue weighted by Crippen LogP contribution is -2.21. The van der Waals surface area contributed by atoms with E-state index in [1.807, 2.05) is 0 Å². The molecule has 0 unspecified atom stereocenters. The maximum atomic E-state index is 12.0. The highest BCUT2D eigenvalue weighted by molar-refractivity contribution is 5.92. The number of aromatic nitrogens is 2. The summed E-state index contributed by atoms with van der Waals surface area (Å²) in [5, 5.41) is 13.5. The van der Waals surface area contributed by atoms with Crippen LogP contribution in [0.2, 0.25) is 0 Å². The minimum atomic E-state index is -0.625. The molecule has 1 aromatic heterocycles. The number of anilines is 1. The first kappa shape index (κ1) is 19.7. The number of hydrogen-bond acceptors (Lipinski definition) is 7. The maximum absolute atomic E-state index is 12.0. The molecule has 10 nitrogen and oxygen atoms in total. The summed E-state index contributed by atoms with van der Waals surface area (Å²) in [6.07, 6.45) is 0.0922. The lowest BCUT2D eigenvalue weighted by atomic mass is 10.2. The smallest absolute Gasteiger partial charge is 0.306 e.